The standard InChI is InChI=1S/C14H17ClN2O/c1-2-18-14-7-5-13(6-8-14)17-11-12(10-16-17)4-3-9-15/h5-8,10-11H,2-4,9H2,1H3. The minimum Gasteiger partial charge on any atom is -0.494 e. The highest BCUT2D eigenvalue weighted by Crippen LogP contribution is 2.15. The zero-order valence-electron chi connectivity index (χ0n) is 10.5. The lowest BCUT2D eigenvalue weighted by molar-refractivity contribution is 0.340. The van der Waals surface area contributed by atoms with Crippen LogP contribution < -0.4 is 4.74 Å². The first kappa shape index (κ1) is 13.0. The van der Waals surface area contributed by atoms with Gasteiger partial charge in [0.25, 0.3) is 0 Å². The summed E-state index contributed by atoms with van der Waals surface area (Å²) >= 11 is 5.68. The van der Waals surface area contributed by atoms with Gasteiger partial charge in [-0.15, -0.1) is 11.6 Å². The van der Waals surface area contributed by atoms with E-state index in [0.29, 0.717) is 12.5 Å². The molecule has 1 heterocycles. The summed E-state index contributed by atoms with van der Waals surface area (Å²) in [5.74, 6) is 1.57. The maximum Gasteiger partial charge on any atom is 0.119 e. The van der Waals surface area contributed by atoms with Gasteiger partial charge in [0.15, 0.2) is 0 Å². The second kappa shape index (κ2) is 6.45. The Hall–Kier alpha value is -1.48. The van der Waals surface area contributed by atoms with Gasteiger partial charge in [0.2, 0.25) is 0 Å². The van der Waals surface area contributed by atoms with E-state index in [1.165, 1.54) is 5.56 Å². The van der Waals surface area contributed by atoms with Crippen LogP contribution in [0.1, 0.15) is 18.9 Å². The normalized spacial score (nSPS) is 10.6. The molecule has 0 saturated heterocycles. The number of hydrogen-bond donors (Lipinski definition) is 0. The lowest BCUT2D eigenvalue weighted by Crippen LogP contribution is -1.95. The SMILES string of the molecule is CCOc1ccc(-n2cc(CCCCl)cn2)cc1. The van der Waals surface area contributed by atoms with Gasteiger partial charge in [-0.05, 0) is 49.6 Å². The van der Waals surface area contributed by atoms with Crippen molar-refractivity contribution in [3.8, 4) is 11.4 Å². The molecule has 4 heteroatoms. The summed E-state index contributed by atoms with van der Waals surface area (Å²) in [5.41, 5.74) is 2.25. The number of aromatic nitrogens is 2. The molecule has 0 bridgehead atoms. The minimum absolute atomic E-state index is 0.684. The van der Waals surface area contributed by atoms with Crippen LogP contribution in [0, 0.1) is 0 Å². The van der Waals surface area contributed by atoms with Crippen LogP contribution in [-0.2, 0) is 6.42 Å². The maximum atomic E-state index is 5.68. The number of ether oxygens (including phenoxy) is 1. The largest absolute Gasteiger partial charge is 0.494 e. The van der Waals surface area contributed by atoms with Gasteiger partial charge in [0.05, 0.1) is 18.5 Å². The van der Waals surface area contributed by atoms with Crippen LogP contribution >= 0.6 is 11.6 Å². The number of hydrogen-bond acceptors (Lipinski definition) is 2. The van der Waals surface area contributed by atoms with Crippen molar-refractivity contribution >= 4 is 11.6 Å². The first-order valence-corrected chi connectivity index (χ1v) is 6.69. The lowest BCUT2D eigenvalue weighted by atomic mass is 10.2. The summed E-state index contributed by atoms with van der Waals surface area (Å²) in [4.78, 5) is 0. The topological polar surface area (TPSA) is 27.1 Å². The first-order valence-electron chi connectivity index (χ1n) is 6.16. The highest BCUT2D eigenvalue weighted by Gasteiger charge is 2.01. The van der Waals surface area contributed by atoms with Crippen molar-refractivity contribution in [1.82, 2.24) is 9.78 Å². The van der Waals surface area contributed by atoms with Gasteiger partial charge in [-0.1, -0.05) is 0 Å². The van der Waals surface area contributed by atoms with E-state index in [1.54, 1.807) is 0 Å². The molecule has 0 spiro atoms. The van der Waals surface area contributed by atoms with Gasteiger partial charge < -0.3 is 4.74 Å². The molecule has 0 saturated carbocycles. The van der Waals surface area contributed by atoms with Gasteiger partial charge in [-0.25, -0.2) is 4.68 Å². The third kappa shape index (κ3) is 3.26. The molecule has 0 amide bonds. The van der Waals surface area contributed by atoms with E-state index in [2.05, 4.69) is 5.10 Å². The van der Waals surface area contributed by atoms with Gasteiger partial charge in [-0.3, -0.25) is 0 Å². The van der Waals surface area contributed by atoms with E-state index in [9.17, 15) is 0 Å². The smallest absolute Gasteiger partial charge is 0.119 e. The Kier molecular flexibility index (Phi) is 4.65. The van der Waals surface area contributed by atoms with Crippen LogP contribution in [0.5, 0.6) is 5.75 Å². The van der Waals surface area contributed by atoms with Crippen molar-refractivity contribution in [2.45, 2.75) is 19.8 Å². The second-order valence-corrected chi connectivity index (χ2v) is 4.39. The quantitative estimate of drug-likeness (QED) is 0.748. The van der Waals surface area contributed by atoms with Crippen molar-refractivity contribution in [1.29, 1.82) is 0 Å². The molecule has 0 N–H and O–H groups in total. The summed E-state index contributed by atoms with van der Waals surface area (Å²) in [6.07, 6.45) is 5.89. The van der Waals surface area contributed by atoms with E-state index in [0.717, 1.165) is 24.3 Å². The van der Waals surface area contributed by atoms with Crippen LogP contribution in [0.15, 0.2) is 36.7 Å². The summed E-state index contributed by atoms with van der Waals surface area (Å²) in [6.45, 7) is 2.66. The fourth-order valence-electron chi connectivity index (χ4n) is 1.76. The van der Waals surface area contributed by atoms with Gasteiger partial charge in [0, 0.05) is 12.1 Å². The first-order chi connectivity index (χ1) is 8.83. The van der Waals surface area contributed by atoms with E-state index in [4.69, 9.17) is 16.3 Å². The summed E-state index contributed by atoms with van der Waals surface area (Å²) < 4.78 is 7.29. The molecule has 96 valence electrons. The third-order valence-corrected chi connectivity index (χ3v) is 2.91. The Morgan fingerprint density at radius 2 is 2.06 bits per heavy atom. The molecule has 0 atom stereocenters. The maximum absolute atomic E-state index is 5.68. The third-order valence-electron chi connectivity index (χ3n) is 2.65. The Morgan fingerprint density at radius 1 is 1.28 bits per heavy atom. The number of rotatable bonds is 6. The van der Waals surface area contributed by atoms with Crippen molar-refractivity contribution in [3.63, 3.8) is 0 Å². The minimum atomic E-state index is 0.684. The Bertz CT molecular complexity index is 479. The molecule has 0 fully saturated rings. The molecule has 0 aliphatic heterocycles. The molecular formula is C14H17ClN2O. The zero-order chi connectivity index (χ0) is 12.8. The van der Waals surface area contributed by atoms with E-state index < -0.39 is 0 Å². The number of halogens is 1. The molecule has 1 aromatic heterocycles. The highest BCUT2D eigenvalue weighted by atomic mass is 35.5. The Labute approximate surface area is 112 Å². The van der Waals surface area contributed by atoms with Crippen LogP contribution in [0.2, 0.25) is 0 Å². The number of nitrogens with zero attached hydrogens (tertiary/aromatic N) is 2. The van der Waals surface area contributed by atoms with Crippen molar-refractivity contribution in [3.05, 3.63) is 42.2 Å². The van der Waals surface area contributed by atoms with Gasteiger partial charge in [-0.2, -0.15) is 5.10 Å². The molecule has 2 rings (SSSR count). The van der Waals surface area contributed by atoms with E-state index in [1.807, 2.05) is 48.3 Å². The molecule has 1 aromatic carbocycles. The molecule has 0 aliphatic carbocycles. The fraction of sp³-hybridized carbons (Fsp3) is 0.357. The van der Waals surface area contributed by atoms with Crippen LogP contribution in [0.3, 0.4) is 0 Å². The second-order valence-electron chi connectivity index (χ2n) is 4.01. The monoisotopic (exact) mass is 264 g/mol. The average Bonchev–Trinajstić information content (AvgIpc) is 2.86. The predicted molar refractivity (Wildman–Crippen MR) is 73.8 cm³/mol. The van der Waals surface area contributed by atoms with Gasteiger partial charge in [0.1, 0.15) is 5.75 Å². The number of benzene rings is 1. The van der Waals surface area contributed by atoms with Crippen LogP contribution in [-0.4, -0.2) is 22.3 Å². The Morgan fingerprint density at radius 3 is 2.72 bits per heavy atom. The lowest BCUT2D eigenvalue weighted by Gasteiger charge is -2.04. The Balaban J connectivity index is 2.08. The highest BCUT2D eigenvalue weighted by molar-refractivity contribution is 6.17. The molecule has 0 unspecified atom stereocenters. The molecule has 0 radical (unpaired) electrons. The molecule has 2 aromatic rings. The van der Waals surface area contributed by atoms with Gasteiger partial charge >= 0.3 is 0 Å². The fourth-order valence-corrected chi connectivity index (χ4v) is 1.90. The van der Waals surface area contributed by atoms with E-state index in [-0.39, 0.29) is 0 Å². The number of alkyl halides is 1. The van der Waals surface area contributed by atoms with Crippen molar-refractivity contribution in [2.24, 2.45) is 0 Å². The number of aryl methyl sites for hydroxylation is 1. The van der Waals surface area contributed by atoms with Crippen molar-refractivity contribution in [2.75, 3.05) is 12.5 Å². The van der Waals surface area contributed by atoms with E-state index >= 15 is 0 Å². The molecule has 18 heavy (non-hydrogen) atoms. The van der Waals surface area contributed by atoms with Crippen LogP contribution in [0.25, 0.3) is 5.69 Å². The zero-order valence-corrected chi connectivity index (χ0v) is 11.2. The predicted octanol–water partition coefficient (Wildman–Crippen LogP) is 3.44. The van der Waals surface area contributed by atoms with Crippen molar-refractivity contribution < 1.29 is 4.74 Å². The van der Waals surface area contributed by atoms with Crippen LogP contribution in [0.4, 0.5) is 0 Å². The molecule has 0 aliphatic rings. The average molecular weight is 265 g/mol. The summed E-state index contributed by atoms with van der Waals surface area (Å²) in [5, 5.41) is 4.35. The molecule has 3 nitrogen and oxygen atoms in total. The molecular weight excluding hydrogens is 248 g/mol. The summed E-state index contributed by atoms with van der Waals surface area (Å²) in [6, 6.07) is 7.92. The summed E-state index contributed by atoms with van der Waals surface area (Å²) in [7, 11) is 0.